The molecule has 1 aromatic heterocycles. The van der Waals surface area contributed by atoms with Crippen molar-refractivity contribution < 1.29 is 43.2 Å². The number of fused-ring (bicyclic) bond motifs is 1. The zero-order valence-corrected chi connectivity index (χ0v) is 42.2. The van der Waals surface area contributed by atoms with Crippen LogP contribution < -0.4 is 43.8 Å². The number of hydrogen-bond donors (Lipinski definition) is 9. The van der Waals surface area contributed by atoms with E-state index < -0.39 is 94.7 Å². The Hall–Kier alpha value is -7.77. The molecule has 1 saturated heterocycles. The Balaban J connectivity index is 1.52. The Morgan fingerprint density at radius 1 is 0.811 bits per heavy atom. The van der Waals surface area contributed by atoms with Gasteiger partial charge < -0.3 is 48.8 Å². The smallest absolute Gasteiger partial charge is 0.243 e. The molecule has 5 rings (SSSR count). The average Bonchev–Trinajstić information content (AvgIpc) is 3.89. The molecule has 2 heterocycles. The second kappa shape index (κ2) is 29.1. The van der Waals surface area contributed by atoms with Gasteiger partial charge in [-0.05, 0) is 66.8 Å². The molecule has 7 atom stereocenters. The molecule has 0 radical (unpaired) electrons. The Morgan fingerprint density at radius 3 is 2.23 bits per heavy atom. The molecule has 396 valence electrons. The third kappa shape index (κ3) is 18.7. The van der Waals surface area contributed by atoms with Gasteiger partial charge in [0.2, 0.25) is 35.4 Å². The summed E-state index contributed by atoms with van der Waals surface area (Å²) in [4.78, 5) is 136. The van der Waals surface area contributed by atoms with Crippen LogP contribution in [0.25, 0.3) is 10.8 Å². The molecular weight excluding hydrogens is 947 g/mol. The van der Waals surface area contributed by atoms with Crippen LogP contribution in [0.1, 0.15) is 101 Å². The standard InChI is InChI=1S/C54H71N11O9/c1-3-4-16-42(62-33(2)66)51(72)63-43-19-20-49(70)59-23-21-39(47(68)29-40(50(55)71)25-35-17-18-36-13-8-9-14-37(36)24-35)27-46(67)38(15-10-22-60-54(56)57)28-48(69)44(26-34-11-6-5-7-12-34)64-53(74)45(65-52(43)73)30-41-31-58-32-61-41/h5-9,11-14,17-18,24,31-32,38-40,42-45H,3-4,10,15-16,19-23,25-30H2,1-2H3,(H2,55,71)(H,58,61)(H,59,70)(H,62,66)(H,63,72)(H,64,74)(H,65,73)(H4,56,57,60)/t38-,39-,40-,42+,43+,44-,45+/m1/s1. The molecule has 0 unspecified atom stereocenters. The van der Waals surface area contributed by atoms with Crippen LogP contribution in [0.4, 0.5) is 0 Å². The molecule has 4 aromatic rings. The number of carbonyl (C=O) groups is 9. The van der Waals surface area contributed by atoms with E-state index in [2.05, 4.69) is 41.5 Å². The number of nitrogens with one attached hydrogen (secondary N) is 6. The van der Waals surface area contributed by atoms with Crippen molar-refractivity contribution in [2.75, 3.05) is 13.1 Å². The Kier molecular flexibility index (Phi) is 22.4. The summed E-state index contributed by atoms with van der Waals surface area (Å²) in [5.41, 5.74) is 19.0. The predicted molar refractivity (Wildman–Crippen MR) is 278 cm³/mol. The summed E-state index contributed by atoms with van der Waals surface area (Å²) >= 11 is 0. The summed E-state index contributed by atoms with van der Waals surface area (Å²) in [7, 11) is 0. The van der Waals surface area contributed by atoms with Crippen molar-refractivity contribution in [2.45, 2.75) is 128 Å². The fourth-order valence-corrected chi connectivity index (χ4v) is 9.11. The first kappa shape index (κ1) is 57.1. The molecule has 0 bridgehead atoms. The van der Waals surface area contributed by atoms with Crippen LogP contribution in [0.2, 0.25) is 0 Å². The number of guanidine groups is 1. The minimum Gasteiger partial charge on any atom is -0.370 e. The summed E-state index contributed by atoms with van der Waals surface area (Å²) in [6.45, 7) is 3.22. The van der Waals surface area contributed by atoms with Crippen LogP contribution in [-0.2, 0) is 62.4 Å². The fourth-order valence-electron chi connectivity index (χ4n) is 9.11. The number of imidazole rings is 1. The van der Waals surface area contributed by atoms with Crippen molar-refractivity contribution >= 4 is 69.5 Å². The van der Waals surface area contributed by atoms with Gasteiger partial charge in [-0.1, -0.05) is 92.6 Å². The molecule has 1 aliphatic heterocycles. The summed E-state index contributed by atoms with van der Waals surface area (Å²) in [5.74, 6) is -8.48. The number of aromatic nitrogens is 2. The second-order valence-corrected chi connectivity index (χ2v) is 19.1. The topological polar surface area (TPSA) is 333 Å². The van der Waals surface area contributed by atoms with Crippen LogP contribution >= 0.6 is 0 Å². The van der Waals surface area contributed by atoms with E-state index in [4.69, 9.17) is 17.2 Å². The predicted octanol–water partition coefficient (Wildman–Crippen LogP) is 2.31. The van der Waals surface area contributed by atoms with E-state index >= 15 is 0 Å². The highest BCUT2D eigenvalue weighted by molar-refractivity contribution is 5.98. The summed E-state index contributed by atoms with van der Waals surface area (Å²) in [6.07, 6.45) is 3.23. The highest BCUT2D eigenvalue weighted by Gasteiger charge is 2.35. The second-order valence-electron chi connectivity index (χ2n) is 19.1. The number of nitrogens with zero attached hydrogens (tertiary/aromatic N) is 2. The van der Waals surface area contributed by atoms with Gasteiger partial charge in [0.05, 0.1) is 12.4 Å². The first-order valence-electron chi connectivity index (χ1n) is 25.4. The number of benzene rings is 3. The molecule has 1 fully saturated rings. The third-order valence-corrected chi connectivity index (χ3v) is 13.2. The van der Waals surface area contributed by atoms with Crippen molar-refractivity contribution in [1.82, 2.24) is 36.6 Å². The van der Waals surface area contributed by atoms with Crippen molar-refractivity contribution in [1.29, 1.82) is 0 Å². The Labute approximate surface area is 431 Å². The van der Waals surface area contributed by atoms with Crippen LogP contribution in [-0.4, -0.2) is 106 Å². The van der Waals surface area contributed by atoms with Gasteiger partial charge in [-0.2, -0.15) is 0 Å². The lowest BCUT2D eigenvalue weighted by Gasteiger charge is -2.27. The van der Waals surface area contributed by atoms with Gasteiger partial charge in [0.15, 0.2) is 11.7 Å². The van der Waals surface area contributed by atoms with Gasteiger partial charge in [-0.3, -0.25) is 48.1 Å². The molecule has 20 heteroatoms. The van der Waals surface area contributed by atoms with Crippen LogP contribution in [0.15, 0.2) is 90.3 Å². The van der Waals surface area contributed by atoms with Gasteiger partial charge in [0.25, 0.3) is 0 Å². The number of ketones is 3. The van der Waals surface area contributed by atoms with E-state index in [1.165, 1.54) is 19.4 Å². The number of primary amides is 1. The minimum atomic E-state index is -1.40. The maximum Gasteiger partial charge on any atom is 0.243 e. The van der Waals surface area contributed by atoms with Gasteiger partial charge >= 0.3 is 0 Å². The van der Waals surface area contributed by atoms with Gasteiger partial charge in [0, 0.05) is 81.8 Å². The Bertz CT molecular complexity index is 2600. The molecule has 74 heavy (non-hydrogen) atoms. The largest absolute Gasteiger partial charge is 0.370 e. The third-order valence-electron chi connectivity index (χ3n) is 13.2. The average molecular weight is 1020 g/mol. The number of rotatable bonds is 20. The number of nitrogens with two attached hydrogens (primary N) is 3. The summed E-state index contributed by atoms with van der Waals surface area (Å²) in [5, 5.41) is 15.6. The number of amides is 6. The fraction of sp³-hybridized carbons (Fsp3) is 0.463. The number of carbonyl (C=O) groups excluding carboxylic acids is 9. The number of aliphatic imine (C=N–C) groups is 1. The molecular formula is C54H71N11O9. The van der Waals surface area contributed by atoms with Gasteiger partial charge in [0.1, 0.15) is 29.7 Å². The van der Waals surface area contributed by atoms with Crippen molar-refractivity contribution in [2.24, 2.45) is 39.9 Å². The van der Waals surface area contributed by atoms with E-state index in [1.807, 2.05) is 49.4 Å². The number of aromatic amines is 1. The van der Waals surface area contributed by atoms with Crippen LogP contribution in [0, 0.1) is 17.8 Å². The van der Waals surface area contributed by atoms with Gasteiger partial charge in [-0.15, -0.1) is 0 Å². The van der Waals surface area contributed by atoms with E-state index in [9.17, 15) is 43.2 Å². The zero-order chi connectivity index (χ0) is 53.6. The zero-order valence-electron chi connectivity index (χ0n) is 42.2. The first-order chi connectivity index (χ1) is 35.5. The first-order valence-corrected chi connectivity index (χ1v) is 25.4. The molecule has 6 amide bonds. The molecule has 1 aliphatic rings. The van der Waals surface area contributed by atoms with Crippen LogP contribution in [0.3, 0.4) is 0 Å². The van der Waals surface area contributed by atoms with Gasteiger partial charge in [-0.25, -0.2) is 4.98 Å². The molecule has 20 nitrogen and oxygen atoms in total. The number of hydrogen-bond acceptors (Lipinski definition) is 11. The highest BCUT2D eigenvalue weighted by Crippen LogP contribution is 2.26. The SMILES string of the molecule is CCCC[C@H](NC(C)=O)C(=O)N[C@H]1CCC(=O)NCC[C@@H](C(=O)C[C@@H](Cc2ccc3ccccc3c2)C(N)=O)CC(=O)[C@H](CCCN=C(N)N)CC(=O)[C@@H](Cc2ccccc2)NC(=O)[C@H](Cc2cnc[nH]2)NC1=O. The maximum atomic E-state index is 14.7. The maximum absolute atomic E-state index is 14.7. The van der Waals surface area contributed by atoms with Crippen molar-refractivity contribution in [3.63, 3.8) is 0 Å². The molecule has 12 N–H and O–H groups in total. The number of unbranched alkanes of at least 4 members (excludes halogenated alkanes) is 1. The number of Topliss-reactive ketones (excluding diaryl/α,β-unsaturated/α-hetero) is 3. The minimum absolute atomic E-state index is 0.00658. The van der Waals surface area contributed by atoms with Crippen LogP contribution in [0.5, 0.6) is 0 Å². The highest BCUT2D eigenvalue weighted by atomic mass is 16.2. The molecule has 0 spiro atoms. The summed E-state index contributed by atoms with van der Waals surface area (Å²) < 4.78 is 0. The Morgan fingerprint density at radius 2 is 1.54 bits per heavy atom. The molecule has 3 aromatic carbocycles. The van der Waals surface area contributed by atoms with E-state index in [0.717, 1.165) is 16.3 Å². The summed E-state index contributed by atoms with van der Waals surface area (Å²) in [6, 6.07) is 17.3. The van der Waals surface area contributed by atoms with Crippen molar-refractivity contribution in [3.8, 4) is 0 Å². The monoisotopic (exact) mass is 1020 g/mol. The van der Waals surface area contributed by atoms with E-state index in [1.54, 1.807) is 30.3 Å². The van der Waals surface area contributed by atoms with E-state index in [-0.39, 0.29) is 96.1 Å². The quantitative estimate of drug-likeness (QED) is 0.0350. The lowest BCUT2D eigenvalue weighted by molar-refractivity contribution is -0.135. The number of H-pyrrole nitrogens is 1. The normalized spacial score (nSPS) is 20.3. The molecule has 0 saturated carbocycles. The molecule has 0 aliphatic carbocycles. The van der Waals surface area contributed by atoms with E-state index in [0.29, 0.717) is 24.1 Å². The van der Waals surface area contributed by atoms with Crippen molar-refractivity contribution in [3.05, 3.63) is 102 Å². The lowest BCUT2D eigenvalue weighted by Crippen LogP contribution is -2.58. The lowest BCUT2D eigenvalue weighted by atomic mass is 9.81.